The fraction of sp³-hybridized carbons (Fsp3) is 0.591. The zero-order valence-corrected chi connectivity index (χ0v) is 15.5. The second-order valence-corrected chi connectivity index (χ2v) is 8.21. The Morgan fingerprint density at radius 3 is 2.81 bits per heavy atom. The first kappa shape index (κ1) is 18.5. The number of benzene rings is 1. The van der Waals surface area contributed by atoms with Crippen molar-refractivity contribution in [3.8, 4) is 5.75 Å². The highest BCUT2D eigenvalue weighted by Crippen LogP contribution is 2.52. The van der Waals surface area contributed by atoms with Gasteiger partial charge in [0.05, 0.1) is 12.2 Å². The summed E-state index contributed by atoms with van der Waals surface area (Å²) in [5, 5.41) is 30.0. The van der Waals surface area contributed by atoms with Crippen LogP contribution in [0.4, 0.5) is 0 Å². The van der Waals surface area contributed by atoms with Crippen LogP contribution in [-0.2, 0) is 11.2 Å². The number of hydrogen-bond donors (Lipinski definition) is 3. The molecule has 5 unspecified atom stereocenters. The first-order chi connectivity index (χ1) is 13.0. The summed E-state index contributed by atoms with van der Waals surface area (Å²) in [4.78, 5) is 10.9. The number of aliphatic hydroxyl groups is 2. The molecule has 2 saturated carbocycles. The number of carboxylic acids is 1. The summed E-state index contributed by atoms with van der Waals surface area (Å²) in [6.07, 6.45) is 8.46. The molecule has 1 aromatic carbocycles. The maximum Gasteiger partial charge on any atom is 0.303 e. The van der Waals surface area contributed by atoms with Crippen molar-refractivity contribution in [2.75, 3.05) is 0 Å². The van der Waals surface area contributed by atoms with Crippen molar-refractivity contribution in [2.24, 2.45) is 11.8 Å². The zero-order chi connectivity index (χ0) is 19.0. The second kappa shape index (κ2) is 7.64. The summed E-state index contributed by atoms with van der Waals surface area (Å²) in [5.74, 6) is 0.303. The van der Waals surface area contributed by atoms with Crippen molar-refractivity contribution >= 4 is 5.97 Å². The number of aliphatic carboxylic acids is 1. The van der Waals surface area contributed by atoms with E-state index in [0.717, 1.165) is 29.7 Å². The SMILES string of the molecule is O=C(O)CCc1cccc2c1OC1CC(O)C(/C=C/C(O)C3CCCC3)C21. The molecule has 5 heteroatoms. The molecular formula is C22H28O5. The molecule has 2 aliphatic carbocycles. The fourth-order valence-corrected chi connectivity index (χ4v) is 5.10. The van der Waals surface area contributed by atoms with E-state index in [-0.39, 0.29) is 24.4 Å². The van der Waals surface area contributed by atoms with Gasteiger partial charge in [0, 0.05) is 30.2 Å². The van der Waals surface area contributed by atoms with Crippen LogP contribution in [0.2, 0.25) is 0 Å². The molecular weight excluding hydrogens is 344 g/mol. The number of aliphatic hydroxyl groups excluding tert-OH is 2. The molecule has 0 saturated heterocycles. The van der Waals surface area contributed by atoms with E-state index in [9.17, 15) is 15.0 Å². The fourth-order valence-electron chi connectivity index (χ4n) is 5.10. The quantitative estimate of drug-likeness (QED) is 0.668. The number of carbonyl (C=O) groups is 1. The van der Waals surface area contributed by atoms with Crippen molar-refractivity contribution in [1.29, 1.82) is 0 Å². The number of rotatable bonds is 6. The third-order valence-electron chi connectivity index (χ3n) is 6.51. The molecule has 1 heterocycles. The Hall–Kier alpha value is -1.85. The first-order valence-electron chi connectivity index (χ1n) is 10.1. The van der Waals surface area contributed by atoms with Crippen molar-refractivity contribution in [3.63, 3.8) is 0 Å². The minimum Gasteiger partial charge on any atom is -0.489 e. The standard InChI is InChI=1S/C22H28O5/c23-17(13-4-1-2-5-13)10-9-15-18(24)12-19-21(15)16-7-3-6-14(22(16)27-19)8-11-20(25)26/h3,6-7,9-10,13,15,17-19,21,23-24H,1-2,4-5,8,11-12H2,(H,25,26)/b10-9+. The Morgan fingerprint density at radius 1 is 1.30 bits per heavy atom. The molecule has 0 spiro atoms. The Kier molecular flexibility index (Phi) is 5.24. The lowest BCUT2D eigenvalue weighted by Gasteiger charge is -2.19. The highest BCUT2D eigenvalue weighted by Gasteiger charge is 2.49. The molecule has 2 fully saturated rings. The maximum absolute atomic E-state index is 10.9. The molecule has 1 aliphatic heterocycles. The minimum absolute atomic E-state index is 0.0619. The summed E-state index contributed by atoms with van der Waals surface area (Å²) >= 11 is 0. The molecule has 5 atom stereocenters. The summed E-state index contributed by atoms with van der Waals surface area (Å²) in [6.45, 7) is 0. The predicted octanol–water partition coefficient (Wildman–Crippen LogP) is 3.04. The normalized spacial score (nSPS) is 31.0. The van der Waals surface area contributed by atoms with Gasteiger partial charge in [-0.1, -0.05) is 43.2 Å². The highest BCUT2D eigenvalue weighted by atomic mass is 16.5. The second-order valence-electron chi connectivity index (χ2n) is 8.21. The number of fused-ring (bicyclic) bond motifs is 3. The smallest absolute Gasteiger partial charge is 0.303 e. The summed E-state index contributed by atoms with van der Waals surface area (Å²) < 4.78 is 6.15. The van der Waals surface area contributed by atoms with Gasteiger partial charge >= 0.3 is 5.97 Å². The molecule has 146 valence electrons. The molecule has 3 N–H and O–H groups in total. The Balaban J connectivity index is 1.53. The van der Waals surface area contributed by atoms with Gasteiger partial charge < -0.3 is 20.1 Å². The van der Waals surface area contributed by atoms with E-state index < -0.39 is 18.2 Å². The van der Waals surface area contributed by atoms with E-state index in [1.165, 1.54) is 12.8 Å². The molecule has 0 amide bonds. The van der Waals surface area contributed by atoms with Crippen molar-refractivity contribution in [3.05, 3.63) is 41.5 Å². The third-order valence-corrected chi connectivity index (χ3v) is 6.51. The number of hydrogen-bond acceptors (Lipinski definition) is 4. The van der Waals surface area contributed by atoms with E-state index in [1.807, 2.05) is 30.4 Å². The van der Waals surface area contributed by atoms with Gasteiger partial charge in [0.2, 0.25) is 0 Å². The van der Waals surface area contributed by atoms with Gasteiger partial charge in [0.15, 0.2) is 0 Å². The van der Waals surface area contributed by atoms with Gasteiger partial charge in [-0.2, -0.15) is 0 Å². The van der Waals surface area contributed by atoms with Gasteiger partial charge in [-0.15, -0.1) is 0 Å². The van der Waals surface area contributed by atoms with E-state index in [0.29, 0.717) is 18.8 Å². The molecule has 0 aromatic heterocycles. The minimum atomic E-state index is -0.817. The molecule has 3 aliphatic rings. The van der Waals surface area contributed by atoms with Crippen LogP contribution in [0.3, 0.4) is 0 Å². The van der Waals surface area contributed by atoms with Crippen LogP contribution in [-0.4, -0.2) is 39.6 Å². The van der Waals surface area contributed by atoms with Gasteiger partial charge in [0.1, 0.15) is 11.9 Å². The highest BCUT2D eigenvalue weighted by molar-refractivity contribution is 5.67. The van der Waals surface area contributed by atoms with Crippen molar-refractivity contribution in [1.82, 2.24) is 0 Å². The lowest BCUT2D eigenvalue weighted by atomic mass is 9.86. The van der Waals surface area contributed by atoms with E-state index in [1.54, 1.807) is 0 Å². The molecule has 1 aromatic rings. The average Bonchev–Trinajstić information content (AvgIpc) is 3.34. The molecule has 4 rings (SSSR count). The topological polar surface area (TPSA) is 87.0 Å². The van der Waals surface area contributed by atoms with Crippen LogP contribution >= 0.6 is 0 Å². The van der Waals surface area contributed by atoms with E-state index >= 15 is 0 Å². The summed E-state index contributed by atoms with van der Waals surface area (Å²) in [5.41, 5.74) is 1.98. The average molecular weight is 372 g/mol. The van der Waals surface area contributed by atoms with Crippen molar-refractivity contribution in [2.45, 2.75) is 69.2 Å². The molecule has 0 bridgehead atoms. The van der Waals surface area contributed by atoms with Gasteiger partial charge in [-0.3, -0.25) is 4.79 Å². The van der Waals surface area contributed by atoms with Crippen LogP contribution in [0.1, 0.15) is 55.6 Å². The van der Waals surface area contributed by atoms with Crippen LogP contribution < -0.4 is 4.74 Å². The Labute approximate surface area is 159 Å². The van der Waals surface area contributed by atoms with Crippen LogP contribution in [0.25, 0.3) is 0 Å². The maximum atomic E-state index is 10.9. The van der Waals surface area contributed by atoms with E-state index in [4.69, 9.17) is 9.84 Å². The number of carboxylic acid groups (broad SMARTS) is 1. The summed E-state index contributed by atoms with van der Waals surface area (Å²) in [6, 6.07) is 5.89. The van der Waals surface area contributed by atoms with Crippen molar-refractivity contribution < 1.29 is 24.9 Å². The summed E-state index contributed by atoms with van der Waals surface area (Å²) in [7, 11) is 0. The van der Waals surface area contributed by atoms with Gasteiger partial charge in [0.25, 0.3) is 0 Å². The number of para-hydroxylation sites is 1. The van der Waals surface area contributed by atoms with Crippen LogP contribution in [0.5, 0.6) is 5.75 Å². The Morgan fingerprint density at radius 2 is 2.07 bits per heavy atom. The van der Waals surface area contributed by atoms with Crippen LogP contribution in [0, 0.1) is 11.8 Å². The zero-order valence-electron chi connectivity index (χ0n) is 15.5. The lowest BCUT2D eigenvalue weighted by molar-refractivity contribution is -0.136. The molecule has 5 nitrogen and oxygen atoms in total. The molecule has 0 radical (unpaired) electrons. The van der Waals surface area contributed by atoms with Gasteiger partial charge in [-0.05, 0) is 30.7 Å². The lowest BCUT2D eigenvalue weighted by Crippen LogP contribution is -2.19. The third kappa shape index (κ3) is 3.63. The first-order valence-corrected chi connectivity index (χ1v) is 10.1. The number of ether oxygens (including phenoxy) is 1. The van der Waals surface area contributed by atoms with Crippen LogP contribution in [0.15, 0.2) is 30.4 Å². The van der Waals surface area contributed by atoms with Gasteiger partial charge in [-0.25, -0.2) is 0 Å². The Bertz CT molecular complexity index is 721. The monoisotopic (exact) mass is 372 g/mol. The van der Waals surface area contributed by atoms with E-state index in [2.05, 4.69) is 0 Å². The molecule has 27 heavy (non-hydrogen) atoms. The largest absolute Gasteiger partial charge is 0.489 e. The predicted molar refractivity (Wildman–Crippen MR) is 101 cm³/mol. The number of aryl methyl sites for hydroxylation is 1.